The SMILES string of the molecule is CC[C@H](C)[C@H](NC(=O)[C@H](CCSC)NC(=O)[C@H](C)NC(=O)[C@@H]1CCCN1C(=O)[C@@H](NC(=O)[C@@H](NC(=O)[C@H](CCCCN)NC(=O)[C@@H](NC(=O)[C@H](CC(C)C)NC(=O)CNC(=O)CNC(=O)[C@H](CC(C)C)NC(=O)[C@@H](N)Cc1ccccc1)[C@@H](C)CC)[C@@H](C)CC)C(C)C)C(=O)N[C@@H](CS)C(=O)N[C@@H](C)C(=O)N[C@H](C(=O)N[C@H](C(=O)N[C@@H](CCCCN)C(=O)N[C@@H](CCCCN)C(=O)N[C@@H](CS)C(=O)O)[C@@H](C)O)C(C)C. The summed E-state index contributed by atoms with van der Waals surface area (Å²) in [5, 5.41) is 67.6. The number of nitrogens with zero attached hydrogens (tertiary/aromatic N) is 1. The third-order valence-electron chi connectivity index (χ3n) is 25.1. The van der Waals surface area contributed by atoms with E-state index in [-0.39, 0.29) is 101 Å². The van der Waals surface area contributed by atoms with Gasteiger partial charge in [-0.3, -0.25) is 91.1 Å². The molecule has 1 aliphatic rings. The second-order valence-corrected chi connectivity index (χ2v) is 40.6. The fourth-order valence-corrected chi connectivity index (χ4v) is 16.5. The maximum absolute atomic E-state index is 14.9. The summed E-state index contributed by atoms with van der Waals surface area (Å²) >= 11 is 9.66. The number of carboxylic acids is 1. The van der Waals surface area contributed by atoms with Gasteiger partial charge >= 0.3 is 5.97 Å². The number of unbranched alkanes of at least 4 members (excludes halogenated alkanes) is 3. The highest BCUT2D eigenvalue weighted by molar-refractivity contribution is 7.98. The lowest BCUT2D eigenvalue weighted by Crippen LogP contribution is -2.62. The summed E-state index contributed by atoms with van der Waals surface area (Å²) in [6.45, 7) is 27.6. The number of aliphatic hydroxyl groups excluding tert-OH is 1. The van der Waals surface area contributed by atoms with Crippen LogP contribution in [0.15, 0.2) is 30.3 Å². The molecule has 0 spiro atoms. The lowest BCUT2D eigenvalue weighted by molar-refractivity contribution is -0.143. The molecule has 22 atom stereocenters. The van der Waals surface area contributed by atoms with Crippen molar-refractivity contribution >= 4 is 155 Å². The molecular weight excluding hydrogens is 1940 g/mol. The van der Waals surface area contributed by atoms with E-state index in [1.165, 1.54) is 37.4 Å². The molecule has 0 aromatic heterocycles. The van der Waals surface area contributed by atoms with Crippen molar-refractivity contribution in [3.05, 3.63) is 35.9 Å². The molecule has 28 N–H and O–H groups in total. The predicted molar refractivity (Wildman–Crippen MR) is 557 cm³/mol. The second kappa shape index (κ2) is 68.8. The van der Waals surface area contributed by atoms with Crippen molar-refractivity contribution in [3.63, 3.8) is 0 Å². The normalized spacial score (nSPS) is 16.8. The number of thioether (sulfide) groups is 1. The molecule has 0 bridgehead atoms. The second-order valence-electron chi connectivity index (χ2n) is 38.9. The van der Waals surface area contributed by atoms with E-state index in [1.54, 1.807) is 89.3 Å². The number of nitrogens with one attached hydrogen (secondary N) is 18. The van der Waals surface area contributed by atoms with Crippen molar-refractivity contribution < 1.29 is 106 Å². The van der Waals surface area contributed by atoms with Crippen LogP contribution in [0.4, 0.5) is 0 Å². The first kappa shape index (κ1) is 131. The van der Waals surface area contributed by atoms with Crippen LogP contribution in [-0.2, 0) is 102 Å². The zero-order chi connectivity index (χ0) is 110. The fourth-order valence-electron chi connectivity index (χ4n) is 15.5. The quantitative estimate of drug-likeness (QED) is 0.0238. The minimum Gasteiger partial charge on any atom is -0.480 e. The molecule has 0 aliphatic carbocycles. The number of hydrogen-bond donors (Lipinski definition) is 26. The van der Waals surface area contributed by atoms with Gasteiger partial charge in [0.15, 0.2) is 0 Å². The van der Waals surface area contributed by atoms with Crippen molar-refractivity contribution in [3.8, 4) is 0 Å². The molecule has 1 aliphatic heterocycles. The molecular formula is C97H169N23O22S3. The van der Waals surface area contributed by atoms with Crippen LogP contribution in [0.1, 0.15) is 232 Å². The molecule has 48 heteroatoms. The number of carboxylic acid groups (broad SMARTS) is 1. The lowest BCUT2D eigenvalue weighted by Gasteiger charge is -2.33. The maximum Gasteiger partial charge on any atom is 0.327 e. The summed E-state index contributed by atoms with van der Waals surface area (Å²) in [6.07, 6.45) is 4.48. The average molecular weight is 2110 g/mol. The lowest BCUT2D eigenvalue weighted by atomic mass is 9.95. The number of benzene rings is 1. The first-order valence-electron chi connectivity index (χ1n) is 50.6. The van der Waals surface area contributed by atoms with Crippen LogP contribution < -0.4 is 119 Å². The van der Waals surface area contributed by atoms with Gasteiger partial charge in [0.25, 0.3) is 0 Å². The van der Waals surface area contributed by atoms with Gasteiger partial charge in [0.2, 0.25) is 112 Å². The Bertz CT molecular complexity index is 4360. The van der Waals surface area contributed by atoms with E-state index in [4.69, 9.17) is 22.9 Å². The van der Waals surface area contributed by atoms with Gasteiger partial charge in [-0.25, -0.2) is 4.79 Å². The van der Waals surface area contributed by atoms with Crippen molar-refractivity contribution in [2.45, 2.75) is 348 Å². The Morgan fingerprint density at radius 3 is 1.19 bits per heavy atom. The van der Waals surface area contributed by atoms with Gasteiger partial charge in [-0.05, 0) is 196 Å². The zero-order valence-corrected chi connectivity index (χ0v) is 90.2. The molecule has 1 aromatic carbocycles. The first-order valence-corrected chi connectivity index (χ1v) is 53.2. The van der Waals surface area contributed by atoms with E-state index in [9.17, 15) is 106 Å². The Labute approximate surface area is 868 Å². The van der Waals surface area contributed by atoms with Crippen LogP contribution in [-0.4, -0.2) is 311 Å². The highest BCUT2D eigenvalue weighted by Crippen LogP contribution is 2.24. The van der Waals surface area contributed by atoms with Crippen LogP contribution in [0.5, 0.6) is 0 Å². The number of aliphatic carboxylic acids is 1. The van der Waals surface area contributed by atoms with E-state index in [1.807, 2.05) is 44.2 Å². The van der Waals surface area contributed by atoms with Gasteiger partial charge in [0.05, 0.1) is 25.2 Å². The Morgan fingerprint density at radius 2 is 0.752 bits per heavy atom. The summed E-state index contributed by atoms with van der Waals surface area (Å²) < 4.78 is 0. The number of carbonyl (C=O) groups is 20. The summed E-state index contributed by atoms with van der Waals surface area (Å²) in [4.78, 5) is 280. The van der Waals surface area contributed by atoms with Gasteiger partial charge in [-0.1, -0.05) is 147 Å². The van der Waals surface area contributed by atoms with E-state index in [0.717, 1.165) is 5.56 Å². The molecule has 45 nitrogen and oxygen atoms in total. The van der Waals surface area contributed by atoms with Crippen molar-refractivity contribution in [2.75, 3.05) is 62.8 Å². The zero-order valence-electron chi connectivity index (χ0n) is 87.6. The van der Waals surface area contributed by atoms with Crippen molar-refractivity contribution in [2.24, 2.45) is 64.4 Å². The number of hydrogen-bond acceptors (Lipinski definition) is 28. The van der Waals surface area contributed by atoms with Crippen molar-refractivity contribution in [1.29, 1.82) is 0 Å². The van der Waals surface area contributed by atoms with Gasteiger partial charge in [-0.15, -0.1) is 0 Å². The minimum atomic E-state index is -1.75. The fraction of sp³-hybridized carbons (Fsp3) is 0.732. The summed E-state index contributed by atoms with van der Waals surface area (Å²) in [5.41, 5.74) is 24.3. The Kier molecular flexibility index (Phi) is 62.0. The molecule has 1 heterocycles. The Morgan fingerprint density at radius 1 is 0.393 bits per heavy atom. The molecule has 1 aromatic rings. The van der Waals surface area contributed by atoms with Crippen LogP contribution in [0.2, 0.25) is 0 Å². The number of nitrogens with two attached hydrogens (primary N) is 4. The third-order valence-corrected chi connectivity index (χ3v) is 26.4. The van der Waals surface area contributed by atoms with E-state index < -0.39 is 276 Å². The molecule has 822 valence electrons. The number of amides is 19. The van der Waals surface area contributed by atoms with Gasteiger partial charge in [-0.2, -0.15) is 37.0 Å². The third kappa shape index (κ3) is 46.6. The van der Waals surface area contributed by atoms with Crippen molar-refractivity contribution in [1.82, 2.24) is 101 Å². The highest BCUT2D eigenvalue weighted by Gasteiger charge is 2.44. The summed E-state index contributed by atoms with van der Waals surface area (Å²) in [6, 6.07) is -14.6. The Hall–Kier alpha value is -10.5. The molecule has 0 saturated carbocycles. The molecule has 1 saturated heterocycles. The molecule has 1 fully saturated rings. The van der Waals surface area contributed by atoms with E-state index in [0.29, 0.717) is 70.0 Å². The van der Waals surface area contributed by atoms with E-state index >= 15 is 0 Å². The first-order chi connectivity index (χ1) is 68.3. The molecule has 0 radical (unpaired) electrons. The summed E-state index contributed by atoms with van der Waals surface area (Å²) in [5.74, 6) is -20.2. The molecule has 0 unspecified atom stereocenters. The van der Waals surface area contributed by atoms with E-state index in [2.05, 4.69) is 121 Å². The predicted octanol–water partition coefficient (Wildman–Crippen LogP) is -2.42. The number of thiol groups is 2. The van der Waals surface area contributed by atoms with Gasteiger partial charge < -0.3 is 134 Å². The molecule has 2 rings (SSSR count). The average Bonchev–Trinajstić information content (AvgIpc) is 1.70. The van der Waals surface area contributed by atoms with Crippen LogP contribution in [0.3, 0.4) is 0 Å². The topological polar surface area (TPSA) is 706 Å². The number of carbonyl (C=O) groups excluding carboxylic acids is 19. The monoisotopic (exact) mass is 2100 g/mol. The van der Waals surface area contributed by atoms with Crippen LogP contribution >= 0.6 is 37.0 Å². The Balaban J connectivity index is 2.29. The van der Waals surface area contributed by atoms with Gasteiger partial charge in [0, 0.05) is 18.1 Å². The largest absolute Gasteiger partial charge is 0.480 e. The van der Waals surface area contributed by atoms with Crippen LogP contribution in [0, 0.1) is 41.4 Å². The van der Waals surface area contributed by atoms with Crippen LogP contribution in [0.25, 0.3) is 0 Å². The summed E-state index contributed by atoms with van der Waals surface area (Å²) in [7, 11) is 0. The molecule has 19 amide bonds. The maximum atomic E-state index is 14.9. The van der Waals surface area contributed by atoms with Gasteiger partial charge in [0.1, 0.15) is 103 Å². The smallest absolute Gasteiger partial charge is 0.327 e. The highest BCUT2D eigenvalue weighted by atomic mass is 32.2. The number of likely N-dealkylation sites (tertiary alicyclic amines) is 1. The number of rotatable bonds is 70. The molecule has 145 heavy (non-hydrogen) atoms. The minimum absolute atomic E-state index is 0.0219. The standard InChI is InChI=1S/C97H169N23O22S3/c1-19-55(12)76(118-88(132)68(45-52(6)7)106-73(123)48-102-72(122)47-103-83(127)67(44-51(4)5)111-82(126)62(101)46-61-32-23-22-24-33-61)92(136)109-65(36-27-30-41-100)86(130)117-78(57(14)21-3)94(138)115-75(54(10)11)96(140)120-42-31-37-71(120)90(134)105-58(15)80(124)107-66(38-43-145-18)87(131)116-77(56(13)20-2)93(137)112-69(49-143)89(133)104-59(16)81(125)114-74(53(8)9)91(135)119-79(60(17)121)95(139)110-64(35-26-29-40-99)84(128)108-63(34-25-28-39-98)85(129)113-70(50-144)97(141)142/h22-24,32-33,51-60,62-71,74-79,121,143-144H,19-21,25-31,34-50,98-101H2,1-18H3,(H,102,122)(H,103,127)(H,104,133)(H,105,134)(H,106,123)(H,107,124)(H,108,128)(H,109,136)(H,110,139)(H,111,126)(H,112,137)(H,113,129)(H,114,125)(H,115,138)(H,116,131)(H,117,130)(H,118,132)(H,119,135)(H,141,142)/t55-,56-,57-,58-,59-,60+,62-,63-,64-,65-,66-,67-,68-,69-,70-,71-,74-,75-,76-,77-,78-,79-/m0/s1. The number of aliphatic hydroxyl groups is 1.